The molecule has 2 aromatic heterocycles. The average Bonchev–Trinajstić information content (AvgIpc) is 3.05. The van der Waals surface area contributed by atoms with Crippen LogP contribution in [0.2, 0.25) is 0 Å². The molecule has 1 unspecified atom stereocenters. The summed E-state index contributed by atoms with van der Waals surface area (Å²) in [5.41, 5.74) is 1.71. The van der Waals surface area contributed by atoms with E-state index in [1.165, 1.54) is 17.0 Å². The summed E-state index contributed by atoms with van der Waals surface area (Å²) in [6, 6.07) is 14.5. The first kappa shape index (κ1) is 21.7. The Balaban J connectivity index is 1.16. The number of carbonyl (C=O) groups is 2. The number of sulfonamides is 1. The van der Waals surface area contributed by atoms with E-state index in [1.807, 2.05) is 24.3 Å². The van der Waals surface area contributed by atoms with Gasteiger partial charge in [-0.3, -0.25) is 14.5 Å². The predicted octanol–water partition coefficient (Wildman–Crippen LogP) is 2.45. The molecule has 1 N–H and O–H groups in total. The number of hydrogen-bond donors (Lipinski definition) is 1. The summed E-state index contributed by atoms with van der Waals surface area (Å²) in [5, 5.41) is 1.01. The summed E-state index contributed by atoms with van der Waals surface area (Å²) in [4.78, 5) is 35.6. The minimum atomic E-state index is -3.87. The van der Waals surface area contributed by atoms with Crippen LogP contribution in [0.1, 0.15) is 31.4 Å². The van der Waals surface area contributed by atoms with Crippen LogP contribution in [0.15, 0.2) is 65.7 Å². The second kappa shape index (κ2) is 8.64. The van der Waals surface area contributed by atoms with Crippen LogP contribution in [0, 0.1) is 5.92 Å². The van der Waals surface area contributed by atoms with E-state index in [1.54, 1.807) is 24.4 Å². The van der Waals surface area contributed by atoms with Gasteiger partial charge < -0.3 is 0 Å². The van der Waals surface area contributed by atoms with Gasteiger partial charge in [-0.1, -0.05) is 18.2 Å². The zero-order valence-corrected chi connectivity index (χ0v) is 18.7. The molecule has 170 valence electrons. The minimum Gasteiger partial charge on any atom is -0.278 e. The van der Waals surface area contributed by atoms with Crippen LogP contribution in [0.3, 0.4) is 0 Å². The number of fused-ring (bicyclic) bond motifs is 1. The molecule has 2 amide bonds. The number of likely N-dealkylation sites (tertiary alicyclic amines) is 1. The number of carbonyl (C=O) groups excluding carboxylic acids is 2. The molecular weight excluding hydrogens is 440 g/mol. The van der Waals surface area contributed by atoms with E-state index in [2.05, 4.69) is 14.7 Å². The fourth-order valence-corrected chi connectivity index (χ4v) is 5.82. The van der Waals surface area contributed by atoms with Crippen molar-refractivity contribution in [3.05, 3.63) is 66.5 Å². The lowest BCUT2D eigenvalue weighted by atomic mass is 9.76. The van der Waals surface area contributed by atoms with Gasteiger partial charge in [0.25, 0.3) is 0 Å². The van der Waals surface area contributed by atoms with Gasteiger partial charge in [0, 0.05) is 23.3 Å². The van der Waals surface area contributed by atoms with Crippen LogP contribution in [-0.2, 0) is 26.0 Å². The third-order valence-corrected chi connectivity index (χ3v) is 7.93. The monoisotopic (exact) mass is 464 g/mol. The molecule has 2 fully saturated rings. The first-order valence-corrected chi connectivity index (χ1v) is 12.5. The Morgan fingerprint density at radius 3 is 2.58 bits per heavy atom. The van der Waals surface area contributed by atoms with Crippen molar-refractivity contribution < 1.29 is 18.0 Å². The molecule has 9 heteroatoms. The molecule has 0 spiro atoms. The molecule has 0 radical (unpaired) electrons. The lowest BCUT2D eigenvalue weighted by Gasteiger charge is -2.40. The largest absolute Gasteiger partial charge is 0.278 e. The highest BCUT2D eigenvalue weighted by atomic mass is 32.2. The fraction of sp³-hybridized carbons (Fsp3) is 0.333. The molecule has 1 saturated carbocycles. The second-order valence-corrected chi connectivity index (χ2v) is 10.4. The van der Waals surface area contributed by atoms with Crippen LogP contribution < -0.4 is 4.72 Å². The van der Waals surface area contributed by atoms with Crippen molar-refractivity contribution in [1.82, 2.24) is 19.6 Å². The maximum absolute atomic E-state index is 12.8. The fourth-order valence-electron chi connectivity index (χ4n) is 4.61. The number of nitrogens with one attached hydrogen (secondary N) is 1. The first-order valence-electron chi connectivity index (χ1n) is 11.0. The first-order chi connectivity index (χ1) is 15.9. The molecule has 8 nitrogen and oxygen atoms in total. The molecule has 5 rings (SSSR count). The summed E-state index contributed by atoms with van der Waals surface area (Å²) in [6.45, 7) is 0. The van der Waals surface area contributed by atoms with E-state index in [9.17, 15) is 18.0 Å². The van der Waals surface area contributed by atoms with Gasteiger partial charge in [-0.25, -0.2) is 18.4 Å². The Bertz CT molecular complexity index is 1310. The lowest BCUT2D eigenvalue weighted by molar-refractivity contribution is -0.144. The molecule has 33 heavy (non-hydrogen) atoms. The van der Waals surface area contributed by atoms with Gasteiger partial charge in [-0.2, -0.15) is 4.72 Å². The van der Waals surface area contributed by atoms with Crippen LogP contribution in [0.4, 0.5) is 0 Å². The summed E-state index contributed by atoms with van der Waals surface area (Å²) >= 11 is 0. The SMILES string of the molecule is O=C1CC(NS(=O)(=O)c2ccccc2)C(=O)N1C1CC(CCc2ccc3cccnc3n2)C1. The number of pyridine rings is 2. The van der Waals surface area contributed by atoms with E-state index in [0.717, 1.165) is 42.4 Å². The van der Waals surface area contributed by atoms with Crippen molar-refractivity contribution in [2.45, 2.75) is 49.1 Å². The van der Waals surface area contributed by atoms with Crippen molar-refractivity contribution in [3.8, 4) is 0 Å². The van der Waals surface area contributed by atoms with Crippen molar-refractivity contribution in [2.24, 2.45) is 5.92 Å². The Hall–Kier alpha value is -3.17. The molecule has 1 aromatic carbocycles. The predicted molar refractivity (Wildman–Crippen MR) is 121 cm³/mol. The van der Waals surface area contributed by atoms with Gasteiger partial charge in [0.2, 0.25) is 21.8 Å². The summed E-state index contributed by atoms with van der Waals surface area (Å²) in [5.74, 6) is -0.367. The van der Waals surface area contributed by atoms with E-state index in [0.29, 0.717) is 5.92 Å². The molecule has 0 bridgehead atoms. The topological polar surface area (TPSA) is 109 Å². The quantitative estimate of drug-likeness (QED) is 0.538. The smallest absolute Gasteiger partial charge is 0.248 e. The number of nitrogens with zero attached hydrogens (tertiary/aromatic N) is 3. The Kier molecular flexibility index (Phi) is 5.67. The van der Waals surface area contributed by atoms with Gasteiger partial charge in [-0.05, 0) is 68.0 Å². The molecule has 3 heterocycles. The third kappa shape index (κ3) is 4.38. The van der Waals surface area contributed by atoms with Crippen molar-refractivity contribution >= 4 is 32.9 Å². The number of hydrogen-bond acceptors (Lipinski definition) is 6. The van der Waals surface area contributed by atoms with Gasteiger partial charge >= 0.3 is 0 Å². The minimum absolute atomic E-state index is 0.0740. The number of imide groups is 1. The number of rotatable bonds is 7. The van der Waals surface area contributed by atoms with E-state index in [4.69, 9.17) is 0 Å². The average molecular weight is 465 g/mol. The van der Waals surface area contributed by atoms with Gasteiger partial charge in [0.1, 0.15) is 6.04 Å². The van der Waals surface area contributed by atoms with Crippen LogP contribution in [0.5, 0.6) is 0 Å². The lowest BCUT2D eigenvalue weighted by Crippen LogP contribution is -2.50. The molecule has 3 aromatic rings. The normalized spacial score (nSPS) is 23.2. The highest BCUT2D eigenvalue weighted by molar-refractivity contribution is 7.89. The van der Waals surface area contributed by atoms with Crippen molar-refractivity contribution in [2.75, 3.05) is 0 Å². The summed E-state index contributed by atoms with van der Waals surface area (Å²) < 4.78 is 27.5. The molecule has 1 aliphatic heterocycles. The summed E-state index contributed by atoms with van der Waals surface area (Å²) in [6.07, 6.45) is 4.79. The number of benzene rings is 1. The van der Waals surface area contributed by atoms with Gasteiger partial charge in [0.15, 0.2) is 5.65 Å². The molecule has 1 aliphatic carbocycles. The molecular formula is C24H24N4O4S. The zero-order valence-electron chi connectivity index (χ0n) is 17.9. The third-order valence-electron chi connectivity index (χ3n) is 6.44. The molecule has 1 atom stereocenters. The van der Waals surface area contributed by atoms with Crippen LogP contribution in [0.25, 0.3) is 11.0 Å². The van der Waals surface area contributed by atoms with E-state index in [-0.39, 0.29) is 23.3 Å². The van der Waals surface area contributed by atoms with Crippen molar-refractivity contribution in [1.29, 1.82) is 0 Å². The van der Waals surface area contributed by atoms with Crippen LogP contribution in [-0.4, -0.2) is 47.2 Å². The molecule has 2 aliphatic rings. The number of aromatic nitrogens is 2. The highest BCUT2D eigenvalue weighted by Crippen LogP contribution is 2.37. The summed E-state index contributed by atoms with van der Waals surface area (Å²) in [7, 11) is -3.87. The van der Waals surface area contributed by atoms with Gasteiger partial charge in [-0.15, -0.1) is 0 Å². The molecule has 1 saturated heterocycles. The van der Waals surface area contributed by atoms with E-state index < -0.39 is 22.0 Å². The Morgan fingerprint density at radius 1 is 1.00 bits per heavy atom. The standard InChI is InChI=1S/C24H24N4O4S/c29-22-15-21(27-33(31,32)20-6-2-1-3-7-20)24(30)28(22)19-13-16(14-19)8-10-18-11-9-17-5-4-12-25-23(17)26-18/h1-7,9,11-12,16,19,21,27H,8,10,13-15H2. The Morgan fingerprint density at radius 2 is 1.79 bits per heavy atom. The van der Waals surface area contributed by atoms with Crippen molar-refractivity contribution in [3.63, 3.8) is 0 Å². The highest BCUT2D eigenvalue weighted by Gasteiger charge is 2.47. The number of aryl methyl sites for hydroxylation is 1. The Labute approximate surface area is 192 Å². The van der Waals surface area contributed by atoms with Crippen LogP contribution >= 0.6 is 0 Å². The van der Waals surface area contributed by atoms with Gasteiger partial charge in [0.05, 0.1) is 11.3 Å². The second-order valence-electron chi connectivity index (χ2n) is 8.68. The number of amides is 2. The maximum atomic E-state index is 12.8. The van der Waals surface area contributed by atoms with E-state index >= 15 is 0 Å². The maximum Gasteiger partial charge on any atom is 0.248 e. The zero-order chi connectivity index (χ0) is 23.0.